The average molecular weight is 383 g/mol. The highest BCUT2D eigenvalue weighted by molar-refractivity contribution is 5.95. The molecular formula is C19H18FN5O3. The summed E-state index contributed by atoms with van der Waals surface area (Å²) in [4.78, 5) is 26.4. The highest BCUT2D eigenvalue weighted by Gasteiger charge is 2.37. The fraction of sp³-hybridized carbons (Fsp3) is 0.421. The zero-order valence-electron chi connectivity index (χ0n) is 15.0. The Morgan fingerprint density at radius 1 is 1.32 bits per heavy atom. The van der Waals surface area contributed by atoms with Crippen LogP contribution in [0, 0.1) is 11.3 Å². The van der Waals surface area contributed by atoms with Crippen LogP contribution in [0.4, 0.5) is 4.39 Å². The van der Waals surface area contributed by atoms with E-state index in [1.54, 1.807) is 12.3 Å². The zero-order chi connectivity index (χ0) is 19.7. The van der Waals surface area contributed by atoms with Crippen molar-refractivity contribution in [3.8, 4) is 6.07 Å². The number of alkyl halides is 1. The van der Waals surface area contributed by atoms with Crippen LogP contribution in [0.2, 0.25) is 0 Å². The number of carbonyl (C=O) groups excluding carboxylic acids is 2. The Labute approximate surface area is 160 Å². The molecule has 0 bridgehead atoms. The molecule has 2 aromatic rings. The number of rotatable bonds is 3. The molecule has 8 nitrogen and oxygen atoms in total. The summed E-state index contributed by atoms with van der Waals surface area (Å²) in [6.45, 7) is -0.114. The minimum absolute atomic E-state index is 0.0108. The van der Waals surface area contributed by atoms with Crippen molar-refractivity contribution in [1.82, 2.24) is 20.4 Å². The van der Waals surface area contributed by atoms with E-state index in [9.17, 15) is 14.0 Å². The molecule has 1 N–H and O–H groups in total. The van der Waals surface area contributed by atoms with Crippen molar-refractivity contribution >= 4 is 11.8 Å². The molecule has 1 aliphatic heterocycles. The zero-order valence-corrected chi connectivity index (χ0v) is 15.0. The lowest BCUT2D eigenvalue weighted by molar-refractivity contribution is 0.0777. The van der Waals surface area contributed by atoms with Gasteiger partial charge in [0.1, 0.15) is 18.5 Å². The van der Waals surface area contributed by atoms with Crippen LogP contribution in [-0.2, 0) is 12.8 Å². The van der Waals surface area contributed by atoms with Gasteiger partial charge < -0.3 is 14.6 Å². The molecule has 28 heavy (non-hydrogen) atoms. The second kappa shape index (κ2) is 7.38. The van der Waals surface area contributed by atoms with Gasteiger partial charge >= 0.3 is 0 Å². The van der Waals surface area contributed by atoms with E-state index >= 15 is 0 Å². The number of amides is 2. The fourth-order valence-corrected chi connectivity index (χ4v) is 3.73. The van der Waals surface area contributed by atoms with E-state index < -0.39 is 24.0 Å². The molecule has 3 heterocycles. The topological polar surface area (TPSA) is 112 Å². The summed E-state index contributed by atoms with van der Waals surface area (Å²) >= 11 is 0. The third-order valence-corrected chi connectivity index (χ3v) is 5.19. The number of nitrogens with zero attached hydrogens (tertiary/aromatic N) is 4. The van der Waals surface area contributed by atoms with Crippen LogP contribution in [-0.4, -0.2) is 52.2 Å². The van der Waals surface area contributed by atoms with Gasteiger partial charge in [-0.3, -0.25) is 9.59 Å². The third kappa shape index (κ3) is 3.33. The van der Waals surface area contributed by atoms with Gasteiger partial charge in [0, 0.05) is 12.6 Å². The minimum Gasteiger partial charge on any atom is -0.453 e. The molecule has 4 rings (SSSR count). The molecule has 0 aromatic carbocycles. The van der Waals surface area contributed by atoms with E-state index in [1.165, 1.54) is 17.2 Å². The van der Waals surface area contributed by atoms with Gasteiger partial charge in [0.15, 0.2) is 5.69 Å². The molecule has 144 valence electrons. The number of hydrogen-bond donors (Lipinski definition) is 1. The normalized spacial score (nSPS) is 21.1. The van der Waals surface area contributed by atoms with Gasteiger partial charge in [-0.1, -0.05) is 0 Å². The van der Waals surface area contributed by atoms with Crippen LogP contribution in [0.5, 0.6) is 0 Å². The number of fused-ring (bicyclic) bond motifs is 1. The molecule has 0 radical (unpaired) electrons. The first-order chi connectivity index (χ1) is 13.6. The Bertz CT molecular complexity index is 967. The Hall–Kier alpha value is -3.28. The van der Waals surface area contributed by atoms with E-state index in [0.717, 1.165) is 36.8 Å². The van der Waals surface area contributed by atoms with E-state index in [4.69, 9.17) is 9.68 Å². The first-order valence-electron chi connectivity index (χ1n) is 9.13. The SMILES string of the molecule is N#Cc1cc(C(=O)N2C[C@@H](F)[C@@H](NC(=O)c3nncc4c3CCCC4)C2)co1. The quantitative estimate of drug-likeness (QED) is 0.858. The maximum Gasteiger partial charge on any atom is 0.272 e. The van der Waals surface area contributed by atoms with Crippen molar-refractivity contribution in [3.05, 3.63) is 46.7 Å². The van der Waals surface area contributed by atoms with Gasteiger partial charge in [0.2, 0.25) is 5.76 Å². The largest absolute Gasteiger partial charge is 0.453 e. The van der Waals surface area contributed by atoms with Gasteiger partial charge in [-0.25, -0.2) is 4.39 Å². The van der Waals surface area contributed by atoms with Crippen molar-refractivity contribution in [3.63, 3.8) is 0 Å². The van der Waals surface area contributed by atoms with E-state index in [0.29, 0.717) is 0 Å². The maximum absolute atomic E-state index is 14.5. The Morgan fingerprint density at radius 2 is 2.14 bits per heavy atom. The van der Waals surface area contributed by atoms with Crippen LogP contribution >= 0.6 is 0 Å². The number of likely N-dealkylation sites (tertiary alicyclic amines) is 1. The van der Waals surface area contributed by atoms with Crippen LogP contribution in [0.3, 0.4) is 0 Å². The maximum atomic E-state index is 14.5. The molecule has 0 spiro atoms. The number of nitrogens with one attached hydrogen (secondary N) is 1. The second-order valence-electron chi connectivity index (χ2n) is 7.02. The van der Waals surface area contributed by atoms with Gasteiger partial charge in [-0.05, 0) is 36.8 Å². The van der Waals surface area contributed by atoms with Crippen molar-refractivity contribution < 1.29 is 18.4 Å². The summed E-state index contributed by atoms with van der Waals surface area (Å²) in [6, 6.07) is 2.28. The van der Waals surface area contributed by atoms with Crippen LogP contribution in [0.1, 0.15) is 50.6 Å². The van der Waals surface area contributed by atoms with Crippen molar-refractivity contribution in [2.45, 2.75) is 37.9 Å². The molecule has 9 heteroatoms. The first-order valence-corrected chi connectivity index (χ1v) is 9.13. The molecular weight excluding hydrogens is 365 g/mol. The number of halogens is 1. The fourth-order valence-electron chi connectivity index (χ4n) is 3.73. The lowest BCUT2D eigenvalue weighted by atomic mass is 9.92. The van der Waals surface area contributed by atoms with E-state index in [2.05, 4.69) is 15.5 Å². The highest BCUT2D eigenvalue weighted by atomic mass is 19.1. The summed E-state index contributed by atoms with van der Waals surface area (Å²) < 4.78 is 19.4. The van der Waals surface area contributed by atoms with E-state index in [-0.39, 0.29) is 30.1 Å². The number of aromatic nitrogens is 2. The van der Waals surface area contributed by atoms with Crippen molar-refractivity contribution in [1.29, 1.82) is 5.26 Å². The highest BCUT2D eigenvalue weighted by Crippen LogP contribution is 2.23. The number of carbonyl (C=O) groups is 2. The molecule has 2 aliphatic rings. The molecule has 1 fully saturated rings. The summed E-state index contributed by atoms with van der Waals surface area (Å²) in [6.07, 6.45) is 5.09. The Morgan fingerprint density at radius 3 is 2.93 bits per heavy atom. The number of hydrogen-bond acceptors (Lipinski definition) is 6. The number of aryl methyl sites for hydroxylation is 1. The summed E-state index contributed by atoms with van der Waals surface area (Å²) in [5.74, 6) is -0.901. The standard InChI is InChI=1S/C19H18FN5O3/c20-15-8-25(19(27)12-5-13(6-21)28-10-12)9-16(15)23-18(26)17-14-4-2-1-3-11(14)7-22-24-17/h5,7,10,15-16H,1-4,8-9H2,(H,23,26)/t15-,16+/m1/s1. The molecule has 0 saturated carbocycles. The Kier molecular flexibility index (Phi) is 4.77. The van der Waals surface area contributed by atoms with Crippen molar-refractivity contribution in [2.75, 3.05) is 13.1 Å². The summed E-state index contributed by atoms with van der Waals surface area (Å²) in [5.41, 5.74) is 2.31. The number of nitriles is 1. The van der Waals surface area contributed by atoms with Gasteiger partial charge in [0.25, 0.3) is 11.8 Å². The molecule has 1 saturated heterocycles. The predicted molar refractivity (Wildman–Crippen MR) is 94.2 cm³/mol. The monoisotopic (exact) mass is 383 g/mol. The number of furan rings is 1. The lowest BCUT2D eigenvalue weighted by Gasteiger charge is -2.19. The predicted octanol–water partition coefficient (Wildman–Crippen LogP) is 1.41. The lowest BCUT2D eigenvalue weighted by Crippen LogP contribution is -2.42. The van der Waals surface area contributed by atoms with Crippen LogP contribution in [0.15, 0.2) is 22.9 Å². The van der Waals surface area contributed by atoms with Gasteiger partial charge in [-0.15, -0.1) is 5.10 Å². The third-order valence-electron chi connectivity index (χ3n) is 5.19. The summed E-state index contributed by atoms with van der Waals surface area (Å²) in [7, 11) is 0. The smallest absolute Gasteiger partial charge is 0.272 e. The molecule has 0 unspecified atom stereocenters. The molecule has 2 aromatic heterocycles. The molecule has 2 atom stereocenters. The van der Waals surface area contributed by atoms with Crippen LogP contribution < -0.4 is 5.32 Å². The minimum atomic E-state index is -1.40. The average Bonchev–Trinajstić information content (AvgIpc) is 3.34. The second-order valence-corrected chi connectivity index (χ2v) is 7.02. The van der Waals surface area contributed by atoms with Crippen LogP contribution in [0.25, 0.3) is 0 Å². The molecule has 1 aliphatic carbocycles. The molecule has 2 amide bonds. The summed E-state index contributed by atoms with van der Waals surface area (Å²) in [5, 5.41) is 19.3. The Balaban J connectivity index is 1.45. The van der Waals surface area contributed by atoms with Gasteiger partial charge in [-0.2, -0.15) is 10.4 Å². The van der Waals surface area contributed by atoms with Gasteiger partial charge in [0.05, 0.1) is 24.3 Å². The van der Waals surface area contributed by atoms with Crippen molar-refractivity contribution in [2.24, 2.45) is 0 Å². The van der Waals surface area contributed by atoms with E-state index in [1.807, 2.05) is 0 Å². The first kappa shape index (κ1) is 18.1.